The average molecular weight is 258 g/mol. The van der Waals surface area contributed by atoms with E-state index in [-0.39, 0.29) is 11.9 Å². The van der Waals surface area contributed by atoms with Crippen molar-refractivity contribution >= 4 is 17.7 Å². The van der Waals surface area contributed by atoms with Gasteiger partial charge < -0.3 is 15.0 Å². The van der Waals surface area contributed by atoms with Crippen LogP contribution < -0.4 is 5.32 Å². The predicted octanol–water partition coefficient (Wildman–Crippen LogP) is 0.719. The molecule has 2 saturated heterocycles. The number of rotatable bonds is 3. The Labute approximate surface area is 107 Å². The van der Waals surface area contributed by atoms with Gasteiger partial charge in [-0.05, 0) is 31.3 Å². The molecule has 2 heterocycles. The summed E-state index contributed by atoms with van der Waals surface area (Å²) in [6, 6.07) is 0.470. The van der Waals surface area contributed by atoms with Gasteiger partial charge in [0.2, 0.25) is 5.91 Å². The van der Waals surface area contributed by atoms with Gasteiger partial charge in [-0.15, -0.1) is 0 Å². The van der Waals surface area contributed by atoms with Gasteiger partial charge in [-0.2, -0.15) is 11.8 Å². The zero-order chi connectivity index (χ0) is 12.1. The van der Waals surface area contributed by atoms with Crippen molar-refractivity contribution < 1.29 is 9.53 Å². The summed E-state index contributed by atoms with van der Waals surface area (Å²) in [4.78, 5) is 14.1. The monoisotopic (exact) mass is 258 g/mol. The Bertz CT molecular complexity index is 251. The van der Waals surface area contributed by atoms with Crippen molar-refractivity contribution in [1.82, 2.24) is 10.2 Å². The summed E-state index contributed by atoms with van der Waals surface area (Å²) < 4.78 is 5.26. The first kappa shape index (κ1) is 13.2. The number of nitrogens with one attached hydrogen (secondary N) is 1. The van der Waals surface area contributed by atoms with Crippen molar-refractivity contribution in [3.05, 3.63) is 0 Å². The maximum atomic E-state index is 12.2. The zero-order valence-electron chi connectivity index (χ0n) is 10.5. The molecule has 0 radical (unpaired) electrons. The number of carbonyl (C=O) groups is 1. The van der Waals surface area contributed by atoms with Gasteiger partial charge in [-0.1, -0.05) is 0 Å². The molecule has 2 rings (SSSR count). The minimum atomic E-state index is -0.0544. The molecule has 1 atom stereocenters. The van der Waals surface area contributed by atoms with E-state index in [1.54, 1.807) is 0 Å². The van der Waals surface area contributed by atoms with Crippen LogP contribution in [-0.4, -0.2) is 60.7 Å². The number of ether oxygens (including phenoxy) is 1. The second kappa shape index (κ2) is 6.61. The number of amides is 1. The van der Waals surface area contributed by atoms with E-state index in [0.29, 0.717) is 19.3 Å². The van der Waals surface area contributed by atoms with Crippen molar-refractivity contribution in [1.29, 1.82) is 0 Å². The number of hydrogen-bond acceptors (Lipinski definition) is 4. The smallest absolute Gasteiger partial charge is 0.239 e. The maximum absolute atomic E-state index is 12.2. The van der Waals surface area contributed by atoms with Crippen LogP contribution in [-0.2, 0) is 9.53 Å². The Morgan fingerprint density at radius 2 is 2.00 bits per heavy atom. The first-order valence-electron chi connectivity index (χ1n) is 6.47. The van der Waals surface area contributed by atoms with Gasteiger partial charge in [0.25, 0.3) is 0 Å². The molecule has 4 nitrogen and oxygen atoms in total. The molecule has 17 heavy (non-hydrogen) atoms. The van der Waals surface area contributed by atoms with Crippen LogP contribution in [0.25, 0.3) is 0 Å². The van der Waals surface area contributed by atoms with E-state index >= 15 is 0 Å². The molecular weight excluding hydrogens is 236 g/mol. The number of thioether (sulfide) groups is 1. The van der Waals surface area contributed by atoms with E-state index in [0.717, 1.165) is 13.1 Å². The number of morpholine rings is 1. The molecule has 0 aromatic heterocycles. The van der Waals surface area contributed by atoms with Crippen molar-refractivity contribution in [2.24, 2.45) is 0 Å². The first-order chi connectivity index (χ1) is 8.27. The van der Waals surface area contributed by atoms with E-state index < -0.39 is 0 Å². The lowest BCUT2D eigenvalue weighted by Crippen LogP contribution is -2.51. The Morgan fingerprint density at radius 1 is 1.35 bits per heavy atom. The highest BCUT2D eigenvalue weighted by Crippen LogP contribution is 2.17. The van der Waals surface area contributed by atoms with E-state index in [2.05, 4.69) is 5.32 Å². The maximum Gasteiger partial charge on any atom is 0.239 e. The third-order valence-electron chi connectivity index (χ3n) is 3.40. The molecule has 1 unspecified atom stereocenters. The quantitative estimate of drug-likeness (QED) is 0.810. The van der Waals surface area contributed by atoms with Gasteiger partial charge in [-0.3, -0.25) is 4.79 Å². The summed E-state index contributed by atoms with van der Waals surface area (Å²) in [6.45, 7) is 4.83. The molecule has 1 N–H and O–H groups in total. The fourth-order valence-electron chi connectivity index (χ4n) is 2.35. The van der Waals surface area contributed by atoms with Crippen molar-refractivity contribution in [2.45, 2.75) is 31.8 Å². The molecule has 0 aromatic rings. The van der Waals surface area contributed by atoms with Gasteiger partial charge in [0.05, 0.1) is 19.3 Å². The molecule has 1 amide bonds. The molecule has 0 saturated carbocycles. The minimum absolute atomic E-state index is 0.0544. The van der Waals surface area contributed by atoms with Gasteiger partial charge in [0, 0.05) is 19.1 Å². The normalized spacial score (nSPS) is 24.6. The lowest BCUT2D eigenvalue weighted by Gasteiger charge is -2.32. The van der Waals surface area contributed by atoms with Crippen molar-refractivity contribution in [3.8, 4) is 0 Å². The molecule has 0 spiro atoms. The predicted molar refractivity (Wildman–Crippen MR) is 70.3 cm³/mol. The van der Waals surface area contributed by atoms with Crippen LogP contribution in [0.2, 0.25) is 0 Å². The first-order valence-corrected chi connectivity index (χ1v) is 7.63. The summed E-state index contributed by atoms with van der Waals surface area (Å²) in [6.07, 6.45) is 2.37. The molecule has 2 aliphatic rings. The van der Waals surface area contributed by atoms with Crippen LogP contribution in [0.1, 0.15) is 19.8 Å². The molecule has 0 aromatic carbocycles. The summed E-state index contributed by atoms with van der Waals surface area (Å²) in [5, 5.41) is 3.47. The minimum Gasteiger partial charge on any atom is -0.378 e. The van der Waals surface area contributed by atoms with Crippen molar-refractivity contribution in [2.75, 3.05) is 37.8 Å². The van der Waals surface area contributed by atoms with Gasteiger partial charge in [0.1, 0.15) is 0 Å². The standard InChI is InChI=1S/C12H22N2O2S/c1-10(13-11-2-8-17-9-3-11)12(15)14-4-6-16-7-5-14/h10-11,13H,2-9H2,1H3. The molecular formula is C12H22N2O2S. The summed E-state index contributed by atoms with van der Waals surface area (Å²) in [7, 11) is 0. The molecule has 0 bridgehead atoms. The van der Waals surface area contributed by atoms with E-state index in [1.165, 1.54) is 24.3 Å². The highest BCUT2D eigenvalue weighted by atomic mass is 32.2. The summed E-state index contributed by atoms with van der Waals surface area (Å²) in [5.41, 5.74) is 0. The highest BCUT2D eigenvalue weighted by Gasteiger charge is 2.24. The van der Waals surface area contributed by atoms with Gasteiger partial charge in [0.15, 0.2) is 0 Å². The van der Waals surface area contributed by atoms with Crippen LogP contribution in [0.5, 0.6) is 0 Å². The number of nitrogens with zero attached hydrogens (tertiary/aromatic N) is 1. The summed E-state index contributed by atoms with van der Waals surface area (Å²) in [5.74, 6) is 2.67. The Hall–Kier alpha value is -0.260. The fraction of sp³-hybridized carbons (Fsp3) is 0.917. The van der Waals surface area contributed by atoms with Crippen LogP contribution in [0, 0.1) is 0 Å². The highest BCUT2D eigenvalue weighted by molar-refractivity contribution is 7.99. The van der Waals surface area contributed by atoms with Crippen LogP contribution in [0.3, 0.4) is 0 Å². The van der Waals surface area contributed by atoms with Crippen molar-refractivity contribution in [3.63, 3.8) is 0 Å². The van der Waals surface area contributed by atoms with Gasteiger partial charge in [-0.25, -0.2) is 0 Å². The van der Waals surface area contributed by atoms with Crippen LogP contribution in [0.4, 0.5) is 0 Å². The SMILES string of the molecule is CC(NC1CCSCC1)C(=O)N1CCOCC1. The number of hydrogen-bond donors (Lipinski definition) is 1. The Morgan fingerprint density at radius 3 is 2.65 bits per heavy atom. The third kappa shape index (κ3) is 3.86. The molecule has 2 aliphatic heterocycles. The lowest BCUT2D eigenvalue weighted by molar-refractivity contribution is -0.137. The lowest BCUT2D eigenvalue weighted by atomic mass is 10.1. The summed E-state index contributed by atoms with van der Waals surface area (Å²) >= 11 is 2.01. The molecule has 5 heteroatoms. The third-order valence-corrected chi connectivity index (χ3v) is 4.45. The van der Waals surface area contributed by atoms with E-state index in [4.69, 9.17) is 4.74 Å². The number of carbonyl (C=O) groups excluding carboxylic acids is 1. The fourth-order valence-corrected chi connectivity index (χ4v) is 3.45. The molecule has 0 aliphatic carbocycles. The molecule has 98 valence electrons. The molecule has 2 fully saturated rings. The average Bonchev–Trinajstić information content (AvgIpc) is 2.40. The topological polar surface area (TPSA) is 41.6 Å². The largest absolute Gasteiger partial charge is 0.378 e. The van der Waals surface area contributed by atoms with Gasteiger partial charge >= 0.3 is 0 Å². The Balaban J connectivity index is 1.77. The Kier molecular flexibility index (Phi) is 5.13. The van der Waals surface area contributed by atoms with E-state index in [1.807, 2.05) is 23.6 Å². The second-order valence-corrected chi connectivity index (χ2v) is 5.94. The van der Waals surface area contributed by atoms with Crippen LogP contribution in [0.15, 0.2) is 0 Å². The van der Waals surface area contributed by atoms with E-state index in [9.17, 15) is 4.79 Å². The second-order valence-electron chi connectivity index (χ2n) is 4.71. The zero-order valence-corrected chi connectivity index (χ0v) is 11.3. The van der Waals surface area contributed by atoms with Crippen LogP contribution >= 0.6 is 11.8 Å².